The molecule has 1 aromatic carbocycles. The molecule has 2 aromatic rings. The average molecular weight is 335 g/mol. The van der Waals surface area contributed by atoms with E-state index in [1.165, 1.54) is 19.2 Å². The number of anilines is 1. The van der Waals surface area contributed by atoms with Crippen molar-refractivity contribution >= 4 is 17.8 Å². The van der Waals surface area contributed by atoms with E-state index in [1.807, 2.05) is 0 Å². The molecule has 0 fully saturated rings. The number of aryl methyl sites for hydroxylation is 1. The number of rotatable bonds is 6. The molecule has 0 aliphatic heterocycles. The molecule has 0 radical (unpaired) electrons. The normalized spacial score (nSPS) is 11.6. The van der Waals surface area contributed by atoms with E-state index in [0.717, 1.165) is 5.56 Å². The molecule has 1 heterocycles. The van der Waals surface area contributed by atoms with Crippen LogP contribution in [0, 0.1) is 18.7 Å². The van der Waals surface area contributed by atoms with Gasteiger partial charge < -0.3 is 14.6 Å². The third-order valence-electron chi connectivity index (χ3n) is 3.31. The number of carbonyl (C=O) groups excluding carboxylic acids is 2. The van der Waals surface area contributed by atoms with Gasteiger partial charge >= 0.3 is 12.0 Å². The van der Waals surface area contributed by atoms with Crippen LogP contribution in [0.1, 0.15) is 11.3 Å². The highest BCUT2D eigenvalue weighted by Crippen LogP contribution is 2.12. The predicted molar refractivity (Wildman–Crippen MR) is 83.9 cm³/mol. The standard InChI is InChI=1S/C16H18FN3O4/c1-10-7-14(20-24-10)19-16(22)18-9-12(15(21)23-2)8-11-3-5-13(17)6-4-11/h3-7,12H,8-9H2,1-2H3,(H2,18,19,20,22)/t12-/m0/s1. The molecule has 2 rings (SSSR count). The Morgan fingerprint density at radius 2 is 2.04 bits per heavy atom. The van der Waals surface area contributed by atoms with Crippen LogP contribution in [0.25, 0.3) is 0 Å². The number of esters is 1. The van der Waals surface area contributed by atoms with Crippen LogP contribution in [0.15, 0.2) is 34.9 Å². The summed E-state index contributed by atoms with van der Waals surface area (Å²) in [4.78, 5) is 23.7. The number of amides is 2. The Morgan fingerprint density at radius 3 is 2.62 bits per heavy atom. The topological polar surface area (TPSA) is 93.5 Å². The Bertz CT molecular complexity index is 700. The summed E-state index contributed by atoms with van der Waals surface area (Å²) in [5.41, 5.74) is 0.765. The second-order valence-corrected chi connectivity index (χ2v) is 5.21. The third-order valence-corrected chi connectivity index (χ3v) is 3.31. The summed E-state index contributed by atoms with van der Waals surface area (Å²) in [6.45, 7) is 1.76. The number of halogens is 1. The molecule has 1 atom stereocenters. The molecule has 24 heavy (non-hydrogen) atoms. The maximum absolute atomic E-state index is 12.9. The van der Waals surface area contributed by atoms with E-state index < -0.39 is 17.9 Å². The van der Waals surface area contributed by atoms with Crippen molar-refractivity contribution in [2.24, 2.45) is 5.92 Å². The van der Waals surface area contributed by atoms with Gasteiger partial charge in [-0.05, 0) is 31.0 Å². The molecule has 0 aliphatic carbocycles. The van der Waals surface area contributed by atoms with Gasteiger partial charge in [0.2, 0.25) is 0 Å². The summed E-state index contributed by atoms with van der Waals surface area (Å²) in [7, 11) is 1.28. The zero-order valence-corrected chi connectivity index (χ0v) is 13.3. The van der Waals surface area contributed by atoms with Gasteiger partial charge in [-0.25, -0.2) is 9.18 Å². The van der Waals surface area contributed by atoms with E-state index in [-0.39, 0.29) is 18.2 Å². The van der Waals surface area contributed by atoms with Crippen molar-refractivity contribution in [3.63, 3.8) is 0 Å². The Hall–Kier alpha value is -2.90. The van der Waals surface area contributed by atoms with Crippen LogP contribution < -0.4 is 10.6 Å². The molecule has 0 bridgehead atoms. The molecular formula is C16H18FN3O4. The molecule has 128 valence electrons. The van der Waals surface area contributed by atoms with Gasteiger partial charge in [0.05, 0.1) is 13.0 Å². The number of urea groups is 1. The Labute approximate surface area is 138 Å². The minimum absolute atomic E-state index is 0.0622. The van der Waals surface area contributed by atoms with Crippen molar-refractivity contribution < 1.29 is 23.2 Å². The van der Waals surface area contributed by atoms with Crippen LogP contribution in [-0.4, -0.2) is 30.8 Å². The molecule has 0 saturated carbocycles. The van der Waals surface area contributed by atoms with Crippen LogP contribution >= 0.6 is 0 Å². The number of ether oxygens (including phenoxy) is 1. The molecule has 0 aliphatic rings. The van der Waals surface area contributed by atoms with Crippen molar-refractivity contribution in [2.45, 2.75) is 13.3 Å². The third kappa shape index (κ3) is 5.08. The summed E-state index contributed by atoms with van der Waals surface area (Å²) in [6.07, 6.45) is 0.316. The van der Waals surface area contributed by atoms with Crippen molar-refractivity contribution in [1.29, 1.82) is 0 Å². The molecule has 2 N–H and O–H groups in total. The highest BCUT2D eigenvalue weighted by Gasteiger charge is 2.21. The second-order valence-electron chi connectivity index (χ2n) is 5.21. The SMILES string of the molecule is COC(=O)[C@H](CNC(=O)Nc1cc(C)on1)Cc1ccc(F)cc1. The molecule has 1 aromatic heterocycles. The summed E-state index contributed by atoms with van der Waals surface area (Å²) < 4.78 is 22.5. The summed E-state index contributed by atoms with van der Waals surface area (Å²) >= 11 is 0. The summed E-state index contributed by atoms with van der Waals surface area (Å²) in [5, 5.41) is 8.71. The smallest absolute Gasteiger partial charge is 0.320 e. The molecule has 8 heteroatoms. The fraction of sp³-hybridized carbons (Fsp3) is 0.312. The lowest BCUT2D eigenvalue weighted by Gasteiger charge is -2.15. The van der Waals surface area contributed by atoms with E-state index >= 15 is 0 Å². The lowest BCUT2D eigenvalue weighted by Crippen LogP contribution is -2.37. The Balaban J connectivity index is 1.92. The zero-order chi connectivity index (χ0) is 17.5. The van der Waals surface area contributed by atoms with E-state index in [2.05, 4.69) is 15.8 Å². The van der Waals surface area contributed by atoms with Gasteiger partial charge in [-0.2, -0.15) is 0 Å². The summed E-state index contributed by atoms with van der Waals surface area (Å²) in [5.74, 6) is -0.567. The van der Waals surface area contributed by atoms with Crippen molar-refractivity contribution in [3.8, 4) is 0 Å². The number of benzene rings is 1. The largest absolute Gasteiger partial charge is 0.469 e. The minimum atomic E-state index is -0.592. The van der Waals surface area contributed by atoms with Gasteiger partial charge in [0, 0.05) is 12.6 Å². The number of methoxy groups -OCH3 is 1. The zero-order valence-electron chi connectivity index (χ0n) is 13.3. The van der Waals surface area contributed by atoms with Crippen LogP contribution in [0.4, 0.5) is 15.0 Å². The monoisotopic (exact) mass is 335 g/mol. The molecule has 0 spiro atoms. The summed E-state index contributed by atoms with van der Waals surface area (Å²) in [6, 6.07) is 6.85. The van der Waals surface area contributed by atoms with E-state index in [9.17, 15) is 14.0 Å². The number of hydrogen-bond acceptors (Lipinski definition) is 5. The van der Waals surface area contributed by atoms with Crippen molar-refractivity contribution in [3.05, 3.63) is 47.5 Å². The molecule has 0 saturated heterocycles. The van der Waals surface area contributed by atoms with E-state index in [1.54, 1.807) is 25.1 Å². The van der Waals surface area contributed by atoms with Crippen molar-refractivity contribution in [1.82, 2.24) is 10.5 Å². The maximum atomic E-state index is 12.9. The number of hydrogen-bond donors (Lipinski definition) is 2. The van der Waals surface area contributed by atoms with Crippen molar-refractivity contribution in [2.75, 3.05) is 19.0 Å². The van der Waals surface area contributed by atoms with Gasteiger partial charge in [0.15, 0.2) is 5.82 Å². The first-order valence-electron chi connectivity index (χ1n) is 7.28. The van der Waals surface area contributed by atoms with Crippen LogP contribution in [0.5, 0.6) is 0 Å². The van der Waals surface area contributed by atoms with Crippen LogP contribution in [0.2, 0.25) is 0 Å². The molecule has 0 unspecified atom stereocenters. The van der Waals surface area contributed by atoms with E-state index in [4.69, 9.17) is 9.26 Å². The lowest BCUT2D eigenvalue weighted by molar-refractivity contribution is -0.145. The van der Waals surface area contributed by atoms with Gasteiger partial charge in [0.25, 0.3) is 0 Å². The highest BCUT2D eigenvalue weighted by atomic mass is 19.1. The van der Waals surface area contributed by atoms with Crippen LogP contribution in [-0.2, 0) is 16.0 Å². The number of nitrogens with one attached hydrogen (secondary N) is 2. The van der Waals surface area contributed by atoms with Gasteiger partial charge in [-0.1, -0.05) is 17.3 Å². The molecule has 7 nitrogen and oxygen atoms in total. The van der Waals surface area contributed by atoms with E-state index in [0.29, 0.717) is 12.2 Å². The first-order chi connectivity index (χ1) is 11.5. The number of nitrogens with zero attached hydrogens (tertiary/aromatic N) is 1. The molecular weight excluding hydrogens is 317 g/mol. The Morgan fingerprint density at radius 1 is 1.33 bits per heavy atom. The highest BCUT2D eigenvalue weighted by molar-refractivity contribution is 5.88. The first kappa shape index (κ1) is 17.5. The average Bonchev–Trinajstić information content (AvgIpc) is 2.97. The van der Waals surface area contributed by atoms with Gasteiger partial charge in [-0.15, -0.1) is 0 Å². The fourth-order valence-electron chi connectivity index (χ4n) is 2.11. The lowest BCUT2D eigenvalue weighted by atomic mass is 9.99. The fourth-order valence-corrected chi connectivity index (χ4v) is 2.11. The second kappa shape index (κ2) is 8.09. The predicted octanol–water partition coefficient (Wildman–Crippen LogP) is 2.28. The first-order valence-corrected chi connectivity index (χ1v) is 7.28. The van der Waals surface area contributed by atoms with Crippen LogP contribution in [0.3, 0.4) is 0 Å². The quantitative estimate of drug-likeness (QED) is 0.790. The number of carbonyl (C=O) groups is 2. The van der Waals surface area contributed by atoms with Gasteiger partial charge in [0.1, 0.15) is 11.6 Å². The Kier molecular flexibility index (Phi) is 5.89. The number of aromatic nitrogens is 1. The van der Waals surface area contributed by atoms with Gasteiger partial charge in [-0.3, -0.25) is 10.1 Å². The maximum Gasteiger partial charge on any atom is 0.320 e. The molecule has 2 amide bonds. The minimum Gasteiger partial charge on any atom is -0.469 e.